The van der Waals surface area contributed by atoms with E-state index in [1.807, 2.05) is 78.9 Å². The lowest BCUT2D eigenvalue weighted by Gasteiger charge is -2.37. The van der Waals surface area contributed by atoms with Crippen LogP contribution in [0.1, 0.15) is 29.3 Å². The van der Waals surface area contributed by atoms with Crippen molar-refractivity contribution in [2.24, 2.45) is 0 Å². The number of halogens is 1. The minimum atomic E-state index is -1.08. The Hall–Kier alpha value is -3.70. The number of methoxy groups -OCH3 is 2. The van der Waals surface area contributed by atoms with Crippen molar-refractivity contribution in [1.29, 1.82) is 0 Å². The van der Waals surface area contributed by atoms with Crippen LogP contribution in [0.3, 0.4) is 0 Å². The van der Waals surface area contributed by atoms with Gasteiger partial charge in [0.1, 0.15) is 29.4 Å². The number of H-pyrrole nitrogens is 1. The van der Waals surface area contributed by atoms with Crippen LogP contribution in [0.15, 0.2) is 99.1 Å². The normalized spacial score (nSPS) is 18.9. The van der Waals surface area contributed by atoms with Crippen LogP contribution < -0.4 is 20.7 Å². The first-order valence-corrected chi connectivity index (χ1v) is 13.5. The molecule has 0 amide bonds. The molecule has 208 valence electrons. The molecule has 2 N–H and O–H groups in total. The quantitative estimate of drug-likeness (QED) is 0.276. The lowest BCUT2D eigenvalue weighted by Crippen LogP contribution is -2.38. The first kappa shape index (κ1) is 27.9. The zero-order valence-corrected chi connectivity index (χ0v) is 23.5. The number of rotatable bonds is 9. The summed E-state index contributed by atoms with van der Waals surface area (Å²) in [6.45, 7) is 0.00386. The van der Waals surface area contributed by atoms with E-state index in [4.69, 9.17) is 18.9 Å². The van der Waals surface area contributed by atoms with Crippen LogP contribution in [0.4, 0.5) is 0 Å². The van der Waals surface area contributed by atoms with Crippen LogP contribution in [0.5, 0.6) is 11.5 Å². The molecule has 5 rings (SSSR count). The molecule has 2 heterocycles. The summed E-state index contributed by atoms with van der Waals surface area (Å²) in [5.41, 5.74) is 0.311. The molecule has 3 atom stereocenters. The molecule has 0 unspecified atom stereocenters. The molecule has 0 saturated carbocycles. The molecule has 1 fully saturated rings. The summed E-state index contributed by atoms with van der Waals surface area (Å²) in [5.74, 6) is 1.41. The van der Waals surface area contributed by atoms with Gasteiger partial charge in [-0.15, -0.1) is 0 Å². The smallest absolute Gasteiger partial charge is 0.330 e. The highest BCUT2D eigenvalue weighted by Gasteiger charge is 2.42. The van der Waals surface area contributed by atoms with Crippen LogP contribution in [0.2, 0.25) is 0 Å². The molecule has 1 saturated heterocycles. The van der Waals surface area contributed by atoms with Crippen LogP contribution in [-0.2, 0) is 15.1 Å². The van der Waals surface area contributed by atoms with Gasteiger partial charge in [-0.3, -0.25) is 14.3 Å². The first-order chi connectivity index (χ1) is 19.3. The van der Waals surface area contributed by atoms with Gasteiger partial charge in [0, 0.05) is 12.6 Å². The minimum Gasteiger partial charge on any atom is -0.497 e. The van der Waals surface area contributed by atoms with E-state index < -0.39 is 35.3 Å². The molecule has 0 spiro atoms. The average Bonchev–Trinajstić information content (AvgIpc) is 3.36. The van der Waals surface area contributed by atoms with Crippen molar-refractivity contribution in [2.75, 3.05) is 20.8 Å². The van der Waals surface area contributed by atoms with E-state index >= 15 is 0 Å². The van der Waals surface area contributed by atoms with Crippen molar-refractivity contribution in [1.82, 2.24) is 9.55 Å². The van der Waals surface area contributed by atoms with Crippen molar-refractivity contribution < 1.29 is 24.1 Å². The molecular formula is C30H29BrN2O7. The van der Waals surface area contributed by atoms with Crippen molar-refractivity contribution >= 4 is 15.9 Å². The van der Waals surface area contributed by atoms with E-state index in [0.717, 1.165) is 16.7 Å². The van der Waals surface area contributed by atoms with Crippen molar-refractivity contribution in [3.05, 3.63) is 127 Å². The third-order valence-corrected chi connectivity index (χ3v) is 7.64. The van der Waals surface area contributed by atoms with Gasteiger partial charge in [-0.05, 0) is 56.9 Å². The van der Waals surface area contributed by atoms with E-state index in [1.54, 1.807) is 14.2 Å². The summed E-state index contributed by atoms with van der Waals surface area (Å²) in [4.78, 5) is 26.5. The Bertz CT molecular complexity index is 1500. The molecule has 1 aromatic heterocycles. The van der Waals surface area contributed by atoms with Crippen LogP contribution in [0.25, 0.3) is 0 Å². The lowest BCUT2D eigenvalue weighted by atomic mass is 9.80. The monoisotopic (exact) mass is 608 g/mol. The van der Waals surface area contributed by atoms with Gasteiger partial charge >= 0.3 is 5.69 Å². The summed E-state index contributed by atoms with van der Waals surface area (Å²) in [7, 11) is 3.22. The number of hydrogen-bond donors (Lipinski definition) is 2. The van der Waals surface area contributed by atoms with Crippen molar-refractivity contribution in [3.63, 3.8) is 0 Å². The number of nitrogens with zero attached hydrogens (tertiary/aromatic N) is 1. The highest BCUT2D eigenvalue weighted by atomic mass is 79.9. The summed E-state index contributed by atoms with van der Waals surface area (Å²) in [6, 6.07) is 25.1. The zero-order chi connectivity index (χ0) is 28.3. The number of aliphatic hydroxyl groups excluding tert-OH is 1. The molecule has 9 nitrogen and oxygen atoms in total. The topological polar surface area (TPSA) is 112 Å². The van der Waals surface area contributed by atoms with Crippen LogP contribution in [0, 0.1) is 0 Å². The Morgan fingerprint density at radius 2 is 1.48 bits per heavy atom. The third-order valence-electron chi connectivity index (χ3n) is 7.08. The first-order valence-electron chi connectivity index (χ1n) is 12.7. The molecule has 4 aromatic rings. The second-order valence-electron chi connectivity index (χ2n) is 9.39. The molecule has 0 aliphatic carbocycles. The molecule has 10 heteroatoms. The van der Waals surface area contributed by atoms with E-state index in [2.05, 4.69) is 20.9 Å². The SMILES string of the molecule is COc1ccc(C(OC[C@H]2O[C@@H](n3cc(Br)c(=O)[nH]c3=O)C[C@@H]2O)(c2ccccc2)c2ccc(OC)cc2)cc1. The van der Waals surface area contributed by atoms with Crippen molar-refractivity contribution in [2.45, 2.75) is 30.5 Å². The van der Waals surface area contributed by atoms with Gasteiger partial charge < -0.3 is 24.1 Å². The number of hydrogen-bond acceptors (Lipinski definition) is 7. The Morgan fingerprint density at radius 1 is 0.925 bits per heavy atom. The fourth-order valence-corrected chi connectivity index (χ4v) is 5.31. The summed E-state index contributed by atoms with van der Waals surface area (Å²) >= 11 is 3.15. The molecule has 0 radical (unpaired) electrons. The van der Waals surface area contributed by atoms with E-state index in [9.17, 15) is 14.7 Å². The standard InChI is InChI=1S/C30H29BrN2O7/c1-37-22-12-8-20(9-13-22)30(19-6-4-3-5-7-19,21-10-14-23(38-2)15-11-21)39-18-26-25(34)16-27(40-26)33-17-24(31)28(35)32-29(33)36/h3-15,17,25-27,34H,16,18H2,1-2H3,(H,32,35,36)/t25-,26+,27+/m0/s1. The Morgan fingerprint density at radius 3 is 2.02 bits per heavy atom. The molecule has 40 heavy (non-hydrogen) atoms. The van der Waals surface area contributed by atoms with Gasteiger partial charge in [-0.1, -0.05) is 54.6 Å². The average molecular weight is 609 g/mol. The molecule has 0 bridgehead atoms. The number of ether oxygens (including phenoxy) is 4. The number of aromatic nitrogens is 2. The highest BCUT2D eigenvalue weighted by Crippen LogP contribution is 2.42. The van der Waals surface area contributed by atoms with Gasteiger partial charge in [-0.25, -0.2) is 4.79 Å². The minimum absolute atomic E-state index is 0.00386. The maximum Gasteiger partial charge on any atom is 0.330 e. The molecule has 1 aliphatic rings. The summed E-state index contributed by atoms with van der Waals surface area (Å²) in [6.07, 6.45) is -0.928. The predicted octanol–water partition coefficient (Wildman–Crippen LogP) is 3.97. The van der Waals surface area contributed by atoms with Crippen LogP contribution in [-0.4, -0.2) is 47.7 Å². The zero-order valence-electron chi connectivity index (χ0n) is 22.0. The Kier molecular flexibility index (Phi) is 8.22. The second kappa shape index (κ2) is 11.8. The van der Waals surface area contributed by atoms with Gasteiger partial charge in [0.15, 0.2) is 0 Å². The van der Waals surface area contributed by atoms with E-state index in [1.165, 1.54) is 10.8 Å². The molecule has 1 aliphatic heterocycles. The lowest BCUT2D eigenvalue weighted by molar-refractivity contribution is -0.0944. The number of nitrogens with one attached hydrogen (secondary N) is 1. The van der Waals surface area contributed by atoms with Gasteiger partial charge in [0.25, 0.3) is 5.56 Å². The summed E-state index contributed by atoms with van der Waals surface area (Å²) < 4.78 is 25.2. The second-order valence-corrected chi connectivity index (χ2v) is 10.2. The van der Waals surface area contributed by atoms with E-state index in [-0.39, 0.29) is 17.5 Å². The van der Waals surface area contributed by atoms with Gasteiger partial charge in [0.05, 0.1) is 31.4 Å². The Balaban J connectivity index is 1.54. The Labute approximate surface area is 239 Å². The third kappa shape index (κ3) is 5.35. The maximum atomic E-state index is 12.4. The van der Waals surface area contributed by atoms with Crippen molar-refractivity contribution in [3.8, 4) is 11.5 Å². The largest absolute Gasteiger partial charge is 0.497 e. The van der Waals surface area contributed by atoms with E-state index in [0.29, 0.717) is 11.5 Å². The van der Waals surface area contributed by atoms with Gasteiger partial charge in [0.2, 0.25) is 0 Å². The number of aliphatic hydroxyl groups is 1. The fourth-order valence-electron chi connectivity index (χ4n) is 4.99. The van der Waals surface area contributed by atoms with Crippen LogP contribution >= 0.6 is 15.9 Å². The summed E-state index contributed by atoms with van der Waals surface area (Å²) in [5, 5.41) is 10.9. The highest BCUT2D eigenvalue weighted by molar-refractivity contribution is 9.10. The maximum absolute atomic E-state index is 12.4. The molecule has 3 aromatic carbocycles. The molecular weight excluding hydrogens is 580 g/mol. The van der Waals surface area contributed by atoms with Gasteiger partial charge in [-0.2, -0.15) is 0 Å². The fraction of sp³-hybridized carbons (Fsp3) is 0.267. The number of benzene rings is 3. The number of aromatic amines is 1. The predicted molar refractivity (Wildman–Crippen MR) is 152 cm³/mol.